The monoisotopic (exact) mass is 373 g/mol. The Kier molecular flexibility index (Phi) is 6.84. The summed E-state index contributed by atoms with van der Waals surface area (Å²) in [4.78, 5) is 27.6. The van der Waals surface area contributed by atoms with E-state index in [1.165, 1.54) is 12.1 Å². The number of carbonyl (C=O) groups is 2. The number of carbonyl (C=O) groups excluding carboxylic acids is 2. The van der Waals surface area contributed by atoms with Gasteiger partial charge in [-0.15, -0.1) is 13.2 Å². The zero-order valence-electron chi connectivity index (χ0n) is 14.5. The molecule has 1 fully saturated rings. The SMILES string of the molecule is CN(CC(=O)Nc1ccc(OC(F)(F)F)cc1)CC(=O)N1CCCCC1. The number of nitrogens with one attached hydrogen (secondary N) is 1. The molecule has 0 unspecified atom stereocenters. The van der Waals surface area contributed by atoms with Crippen molar-refractivity contribution in [3.63, 3.8) is 0 Å². The van der Waals surface area contributed by atoms with Crippen LogP contribution in [-0.4, -0.2) is 61.2 Å². The second-order valence-electron chi connectivity index (χ2n) is 6.23. The van der Waals surface area contributed by atoms with Crippen LogP contribution < -0.4 is 10.1 Å². The zero-order chi connectivity index (χ0) is 19.2. The maximum absolute atomic E-state index is 12.1. The minimum atomic E-state index is -4.76. The first-order chi connectivity index (χ1) is 12.2. The molecule has 0 aromatic heterocycles. The van der Waals surface area contributed by atoms with E-state index in [4.69, 9.17) is 0 Å². The van der Waals surface area contributed by atoms with Crippen molar-refractivity contribution in [3.05, 3.63) is 24.3 Å². The van der Waals surface area contributed by atoms with Crippen LogP contribution in [0, 0.1) is 0 Å². The Labute approximate surface area is 149 Å². The van der Waals surface area contributed by atoms with Crippen LogP contribution >= 0.6 is 0 Å². The number of piperidine rings is 1. The summed E-state index contributed by atoms with van der Waals surface area (Å²) in [6, 6.07) is 4.87. The molecular formula is C17H22F3N3O3. The molecule has 9 heteroatoms. The number of rotatable bonds is 6. The third-order valence-corrected chi connectivity index (χ3v) is 3.90. The summed E-state index contributed by atoms with van der Waals surface area (Å²) in [5.74, 6) is -0.725. The number of alkyl halides is 3. The summed E-state index contributed by atoms with van der Waals surface area (Å²) in [7, 11) is 1.67. The summed E-state index contributed by atoms with van der Waals surface area (Å²) in [5, 5.41) is 2.57. The molecule has 1 aromatic carbocycles. The standard InChI is InChI=1S/C17H22F3N3O3/c1-22(12-16(25)23-9-3-2-4-10-23)11-15(24)21-13-5-7-14(8-6-13)26-17(18,19)20/h5-8H,2-4,9-12H2,1H3,(H,21,24). The van der Waals surface area contributed by atoms with Crippen LogP contribution in [-0.2, 0) is 9.59 Å². The van der Waals surface area contributed by atoms with Gasteiger partial charge < -0.3 is 15.0 Å². The van der Waals surface area contributed by atoms with E-state index in [-0.39, 0.29) is 30.7 Å². The van der Waals surface area contributed by atoms with Crippen molar-refractivity contribution in [1.29, 1.82) is 0 Å². The van der Waals surface area contributed by atoms with Gasteiger partial charge in [0.05, 0.1) is 13.1 Å². The van der Waals surface area contributed by atoms with Crippen LogP contribution in [0.15, 0.2) is 24.3 Å². The van der Waals surface area contributed by atoms with Gasteiger partial charge in [0.15, 0.2) is 0 Å². The van der Waals surface area contributed by atoms with Crippen LogP contribution in [0.5, 0.6) is 5.75 Å². The van der Waals surface area contributed by atoms with Crippen molar-refractivity contribution in [2.45, 2.75) is 25.6 Å². The summed E-state index contributed by atoms with van der Waals surface area (Å²) in [6.07, 6.45) is -1.61. The summed E-state index contributed by atoms with van der Waals surface area (Å²) < 4.78 is 40.1. The minimum absolute atomic E-state index is 0.000380. The van der Waals surface area contributed by atoms with Gasteiger partial charge in [0.25, 0.3) is 0 Å². The third-order valence-electron chi connectivity index (χ3n) is 3.90. The molecular weight excluding hydrogens is 351 g/mol. The van der Waals surface area contributed by atoms with Crippen molar-refractivity contribution >= 4 is 17.5 Å². The highest BCUT2D eigenvalue weighted by atomic mass is 19.4. The molecule has 6 nitrogen and oxygen atoms in total. The Morgan fingerprint density at radius 2 is 1.73 bits per heavy atom. The van der Waals surface area contributed by atoms with E-state index in [2.05, 4.69) is 10.1 Å². The molecule has 1 aliphatic heterocycles. The van der Waals surface area contributed by atoms with Crippen LogP contribution in [0.1, 0.15) is 19.3 Å². The van der Waals surface area contributed by atoms with Crippen molar-refractivity contribution in [1.82, 2.24) is 9.80 Å². The highest BCUT2D eigenvalue weighted by molar-refractivity contribution is 5.92. The summed E-state index contributed by atoms with van der Waals surface area (Å²) in [6.45, 7) is 1.66. The number of nitrogens with zero attached hydrogens (tertiary/aromatic N) is 2. The van der Waals surface area contributed by atoms with Gasteiger partial charge in [-0.1, -0.05) is 0 Å². The number of amides is 2. The van der Waals surface area contributed by atoms with Crippen LogP contribution in [0.4, 0.5) is 18.9 Å². The number of hydrogen-bond acceptors (Lipinski definition) is 4. The third kappa shape index (κ3) is 6.91. The van der Waals surface area contributed by atoms with Crippen LogP contribution in [0.2, 0.25) is 0 Å². The van der Waals surface area contributed by atoms with E-state index in [0.717, 1.165) is 44.5 Å². The number of benzene rings is 1. The van der Waals surface area contributed by atoms with Crippen molar-refractivity contribution in [2.75, 3.05) is 38.5 Å². The lowest BCUT2D eigenvalue weighted by molar-refractivity contribution is -0.274. The van der Waals surface area contributed by atoms with Crippen LogP contribution in [0.3, 0.4) is 0 Å². The molecule has 1 aliphatic rings. The molecule has 0 bridgehead atoms. The lowest BCUT2D eigenvalue weighted by atomic mass is 10.1. The van der Waals surface area contributed by atoms with Crippen molar-refractivity contribution < 1.29 is 27.5 Å². The quantitative estimate of drug-likeness (QED) is 0.832. The first kappa shape index (κ1) is 20.0. The van der Waals surface area contributed by atoms with E-state index in [1.54, 1.807) is 16.8 Å². The highest BCUT2D eigenvalue weighted by Gasteiger charge is 2.31. The normalized spacial score (nSPS) is 15.0. The molecule has 1 aromatic rings. The molecule has 0 aliphatic carbocycles. The molecule has 26 heavy (non-hydrogen) atoms. The number of ether oxygens (including phenoxy) is 1. The Morgan fingerprint density at radius 3 is 2.31 bits per heavy atom. The number of likely N-dealkylation sites (tertiary alicyclic amines) is 1. The smallest absolute Gasteiger partial charge is 0.406 e. The van der Waals surface area contributed by atoms with E-state index in [9.17, 15) is 22.8 Å². The van der Waals surface area contributed by atoms with E-state index < -0.39 is 6.36 Å². The molecule has 144 valence electrons. The number of halogens is 3. The van der Waals surface area contributed by atoms with Gasteiger partial charge in [0.1, 0.15) is 5.75 Å². The Hall–Kier alpha value is -2.29. The molecule has 2 rings (SSSR count). The topological polar surface area (TPSA) is 61.9 Å². The van der Waals surface area contributed by atoms with E-state index in [1.807, 2.05) is 0 Å². The van der Waals surface area contributed by atoms with Gasteiger partial charge in [-0.05, 0) is 50.6 Å². The van der Waals surface area contributed by atoms with Crippen molar-refractivity contribution in [3.8, 4) is 5.75 Å². The van der Waals surface area contributed by atoms with Gasteiger partial charge in [-0.25, -0.2) is 0 Å². The summed E-state index contributed by atoms with van der Waals surface area (Å²) >= 11 is 0. The van der Waals surface area contributed by atoms with E-state index in [0.29, 0.717) is 5.69 Å². The van der Waals surface area contributed by atoms with Gasteiger partial charge in [-0.2, -0.15) is 0 Å². The van der Waals surface area contributed by atoms with E-state index >= 15 is 0 Å². The molecule has 0 radical (unpaired) electrons. The lowest BCUT2D eigenvalue weighted by Crippen LogP contribution is -2.43. The summed E-state index contributed by atoms with van der Waals surface area (Å²) in [5.41, 5.74) is 0.347. The minimum Gasteiger partial charge on any atom is -0.406 e. The first-order valence-electron chi connectivity index (χ1n) is 8.35. The number of likely N-dealkylation sites (N-methyl/N-ethyl adjacent to an activating group) is 1. The number of anilines is 1. The van der Waals surface area contributed by atoms with Gasteiger partial charge >= 0.3 is 6.36 Å². The second-order valence-corrected chi connectivity index (χ2v) is 6.23. The Bertz CT molecular complexity index is 614. The largest absolute Gasteiger partial charge is 0.573 e. The molecule has 0 atom stereocenters. The fraction of sp³-hybridized carbons (Fsp3) is 0.529. The predicted octanol–water partition coefficient (Wildman–Crippen LogP) is 2.47. The predicted molar refractivity (Wildman–Crippen MR) is 89.7 cm³/mol. The molecule has 1 heterocycles. The Balaban J connectivity index is 1.77. The molecule has 0 saturated carbocycles. The second kappa shape index (κ2) is 8.88. The highest BCUT2D eigenvalue weighted by Crippen LogP contribution is 2.23. The van der Waals surface area contributed by atoms with Crippen LogP contribution in [0.25, 0.3) is 0 Å². The molecule has 0 spiro atoms. The maximum atomic E-state index is 12.1. The first-order valence-corrected chi connectivity index (χ1v) is 8.35. The molecule has 1 saturated heterocycles. The average molecular weight is 373 g/mol. The maximum Gasteiger partial charge on any atom is 0.573 e. The average Bonchev–Trinajstić information content (AvgIpc) is 2.56. The lowest BCUT2D eigenvalue weighted by Gasteiger charge is -2.28. The van der Waals surface area contributed by atoms with Gasteiger partial charge in [-0.3, -0.25) is 14.5 Å². The molecule has 2 amide bonds. The fourth-order valence-electron chi connectivity index (χ4n) is 2.72. The zero-order valence-corrected chi connectivity index (χ0v) is 14.5. The van der Waals surface area contributed by atoms with Gasteiger partial charge in [0.2, 0.25) is 11.8 Å². The van der Waals surface area contributed by atoms with Crippen molar-refractivity contribution in [2.24, 2.45) is 0 Å². The fourth-order valence-corrected chi connectivity index (χ4v) is 2.72. The Morgan fingerprint density at radius 1 is 1.12 bits per heavy atom. The number of hydrogen-bond donors (Lipinski definition) is 1. The molecule has 1 N–H and O–H groups in total. The van der Waals surface area contributed by atoms with Gasteiger partial charge in [0, 0.05) is 18.8 Å².